The van der Waals surface area contributed by atoms with Gasteiger partial charge in [-0.05, 0) is 61.4 Å². The molecule has 1 aliphatic heterocycles. The first-order chi connectivity index (χ1) is 18.2. The second-order valence-electron chi connectivity index (χ2n) is 9.76. The van der Waals surface area contributed by atoms with E-state index in [2.05, 4.69) is 27.8 Å². The molecule has 0 N–H and O–H groups in total. The van der Waals surface area contributed by atoms with E-state index in [1.165, 1.54) is 28.8 Å². The molecule has 38 heavy (non-hydrogen) atoms. The predicted octanol–water partition coefficient (Wildman–Crippen LogP) is 5.43. The van der Waals surface area contributed by atoms with Gasteiger partial charge in [0.25, 0.3) is 5.56 Å². The average molecular weight is 534 g/mol. The molecule has 0 amide bonds. The summed E-state index contributed by atoms with van der Waals surface area (Å²) < 4.78 is 29.0. The third kappa shape index (κ3) is 4.53. The molecule has 2 atom stereocenters. The highest BCUT2D eigenvalue weighted by molar-refractivity contribution is 6.34. The first kappa shape index (κ1) is 25.8. The number of hydrogen-bond acceptors (Lipinski definition) is 5. The topological polar surface area (TPSA) is 65.2 Å². The van der Waals surface area contributed by atoms with E-state index < -0.39 is 0 Å². The van der Waals surface area contributed by atoms with Gasteiger partial charge >= 0.3 is 0 Å². The lowest BCUT2D eigenvalue weighted by Gasteiger charge is -2.48. The van der Waals surface area contributed by atoms with E-state index in [4.69, 9.17) is 11.6 Å². The number of piperazine rings is 1. The first-order valence-electron chi connectivity index (χ1n) is 12.3. The van der Waals surface area contributed by atoms with Crippen molar-refractivity contribution in [1.29, 1.82) is 5.26 Å². The van der Waals surface area contributed by atoms with Gasteiger partial charge in [-0.3, -0.25) is 9.69 Å². The molecule has 9 heteroatoms. The smallest absolute Gasteiger partial charge is 0.271 e. The molecule has 1 fully saturated rings. The molecule has 3 heterocycles. The fourth-order valence-corrected chi connectivity index (χ4v) is 5.70. The Morgan fingerprint density at radius 2 is 1.53 bits per heavy atom. The molecular weight excluding hydrogens is 508 g/mol. The SMILES string of the molecule is CC1CN(c2c(Cl)c(=O)n(C)c3ccc(C#N)nc23)[C@H](C)CN1C(c1ccc(F)cc1)c1ccc(F)cc1. The zero-order valence-electron chi connectivity index (χ0n) is 21.2. The van der Waals surface area contributed by atoms with Crippen LogP contribution in [0.15, 0.2) is 65.5 Å². The van der Waals surface area contributed by atoms with Gasteiger partial charge in [0.15, 0.2) is 0 Å². The minimum Gasteiger partial charge on any atom is -0.363 e. The molecule has 194 valence electrons. The molecule has 2 aromatic carbocycles. The predicted molar refractivity (Wildman–Crippen MR) is 144 cm³/mol. The summed E-state index contributed by atoms with van der Waals surface area (Å²) in [6.45, 7) is 5.20. The number of rotatable bonds is 4. The summed E-state index contributed by atoms with van der Waals surface area (Å²) in [7, 11) is 1.63. The molecule has 5 rings (SSSR count). The number of nitriles is 1. The standard InChI is InChI=1S/C29H26ClF2N5O/c1-17-16-37(28-25(30)29(38)35(3)24-13-12-23(14-33)34-26(24)28)18(2)15-36(17)27(19-4-8-21(31)9-5-19)20-6-10-22(32)11-7-20/h4-13,17-18,27H,15-16H2,1-3H3/t17?,18-/m1/s1. The van der Waals surface area contributed by atoms with Gasteiger partial charge in [0.05, 0.1) is 17.2 Å². The fraction of sp³-hybridized carbons (Fsp3) is 0.276. The van der Waals surface area contributed by atoms with Gasteiger partial charge in [-0.15, -0.1) is 0 Å². The molecule has 0 aliphatic carbocycles. The molecule has 4 aromatic rings. The highest BCUT2D eigenvalue weighted by Crippen LogP contribution is 2.38. The number of aromatic nitrogens is 2. The van der Waals surface area contributed by atoms with Crippen LogP contribution in [0.5, 0.6) is 0 Å². The summed E-state index contributed by atoms with van der Waals surface area (Å²) in [6.07, 6.45) is 0. The van der Waals surface area contributed by atoms with Crippen LogP contribution in [0.1, 0.15) is 36.7 Å². The van der Waals surface area contributed by atoms with Crippen LogP contribution in [0.4, 0.5) is 14.5 Å². The number of anilines is 1. The zero-order chi connectivity index (χ0) is 27.1. The molecule has 2 aromatic heterocycles. The zero-order valence-corrected chi connectivity index (χ0v) is 22.0. The molecule has 0 bridgehead atoms. The van der Waals surface area contributed by atoms with Gasteiger partial charge in [0.2, 0.25) is 0 Å². The van der Waals surface area contributed by atoms with Crippen molar-refractivity contribution >= 4 is 28.3 Å². The second-order valence-corrected chi connectivity index (χ2v) is 10.1. The number of benzene rings is 2. The number of fused-ring (bicyclic) bond motifs is 1. The van der Waals surface area contributed by atoms with Crippen molar-refractivity contribution in [2.45, 2.75) is 32.0 Å². The van der Waals surface area contributed by atoms with Crippen LogP contribution in [-0.2, 0) is 7.05 Å². The molecular formula is C29H26ClF2N5O. The summed E-state index contributed by atoms with van der Waals surface area (Å²) in [6, 6.07) is 17.7. The van der Waals surface area contributed by atoms with Crippen LogP contribution in [0.2, 0.25) is 5.02 Å². The van der Waals surface area contributed by atoms with E-state index >= 15 is 0 Å². The Bertz CT molecular complexity index is 1550. The van der Waals surface area contributed by atoms with E-state index in [0.717, 1.165) is 11.1 Å². The summed E-state index contributed by atoms with van der Waals surface area (Å²) in [5, 5.41) is 9.51. The van der Waals surface area contributed by atoms with Crippen LogP contribution in [0, 0.1) is 23.0 Å². The van der Waals surface area contributed by atoms with Crippen LogP contribution < -0.4 is 10.5 Å². The highest BCUT2D eigenvalue weighted by Gasteiger charge is 2.37. The monoisotopic (exact) mass is 533 g/mol. The minimum absolute atomic E-state index is 0.0411. The lowest BCUT2D eigenvalue weighted by molar-refractivity contribution is 0.130. The summed E-state index contributed by atoms with van der Waals surface area (Å²) >= 11 is 6.66. The molecule has 0 radical (unpaired) electrons. The number of aryl methyl sites for hydroxylation is 1. The summed E-state index contributed by atoms with van der Waals surface area (Å²) in [5.74, 6) is -0.650. The van der Waals surface area contributed by atoms with Crippen molar-refractivity contribution in [3.05, 3.63) is 104 Å². The van der Waals surface area contributed by atoms with Crippen molar-refractivity contribution in [2.75, 3.05) is 18.0 Å². The highest BCUT2D eigenvalue weighted by atomic mass is 35.5. The Kier molecular flexibility index (Phi) is 6.91. The maximum atomic E-state index is 13.8. The van der Waals surface area contributed by atoms with Crippen molar-refractivity contribution in [1.82, 2.24) is 14.5 Å². The molecule has 1 aliphatic rings. The van der Waals surface area contributed by atoms with Gasteiger partial charge < -0.3 is 9.47 Å². The third-order valence-corrected chi connectivity index (χ3v) is 7.64. The lowest BCUT2D eigenvalue weighted by Crippen LogP contribution is -2.57. The molecule has 0 spiro atoms. The van der Waals surface area contributed by atoms with Crippen molar-refractivity contribution < 1.29 is 8.78 Å². The number of pyridine rings is 2. The van der Waals surface area contributed by atoms with Crippen molar-refractivity contribution in [3.63, 3.8) is 0 Å². The van der Waals surface area contributed by atoms with Gasteiger partial charge in [-0.2, -0.15) is 5.26 Å². The fourth-order valence-electron chi connectivity index (χ4n) is 5.37. The second kappa shape index (κ2) is 10.2. The van der Waals surface area contributed by atoms with E-state index in [1.807, 2.05) is 6.92 Å². The van der Waals surface area contributed by atoms with Crippen LogP contribution in [0.25, 0.3) is 11.0 Å². The van der Waals surface area contributed by atoms with Gasteiger partial charge in [-0.1, -0.05) is 35.9 Å². The van der Waals surface area contributed by atoms with Crippen LogP contribution in [-0.4, -0.2) is 39.6 Å². The van der Waals surface area contributed by atoms with Gasteiger partial charge in [-0.25, -0.2) is 13.8 Å². The van der Waals surface area contributed by atoms with E-state index in [1.54, 1.807) is 43.4 Å². The van der Waals surface area contributed by atoms with Crippen LogP contribution in [0.3, 0.4) is 0 Å². The Morgan fingerprint density at radius 3 is 2.08 bits per heavy atom. The number of hydrogen-bond donors (Lipinski definition) is 0. The number of halogens is 3. The van der Waals surface area contributed by atoms with E-state index in [-0.39, 0.29) is 46.0 Å². The Balaban J connectivity index is 1.58. The Morgan fingerprint density at radius 1 is 0.947 bits per heavy atom. The molecule has 1 saturated heterocycles. The Labute approximate surface area is 224 Å². The molecule has 6 nitrogen and oxygen atoms in total. The Hall–Kier alpha value is -3.80. The van der Waals surface area contributed by atoms with Crippen molar-refractivity contribution in [3.8, 4) is 6.07 Å². The average Bonchev–Trinajstić information content (AvgIpc) is 2.91. The van der Waals surface area contributed by atoms with E-state index in [9.17, 15) is 18.8 Å². The maximum absolute atomic E-state index is 13.8. The lowest BCUT2D eigenvalue weighted by atomic mass is 9.93. The molecule has 1 unspecified atom stereocenters. The maximum Gasteiger partial charge on any atom is 0.271 e. The quantitative estimate of drug-likeness (QED) is 0.350. The summed E-state index contributed by atoms with van der Waals surface area (Å²) in [4.78, 5) is 21.9. The van der Waals surface area contributed by atoms with Crippen LogP contribution >= 0.6 is 11.6 Å². The van der Waals surface area contributed by atoms with Crippen molar-refractivity contribution in [2.24, 2.45) is 7.05 Å². The van der Waals surface area contributed by atoms with E-state index in [0.29, 0.717) is 29.8 Å². The molecule has 0 saturated carbocycles. The normalized spacial score (nSPS) is 18.2. The third-order valence-electron chi connectivity index (χ3n) is 7.30. The summed E-state index contributed by atoms with van der Waals surface area (Å²) in [5.41, 5.74) is 3.29. The number of nitrogens with zero attached hydrogens (tertiary/aromatic N) is 5. The van der Waals surface area contributed by atoms with Gasteiger partial charge in [0, 0.05) is 32.2 Å². The van der Waals surface area contributed by atoms with Gasteiger partial charge in [0.1, 0.15) is 33.9 Å². The largest absolute Gasteiger partial charge is 0.363 e. The first-order valence-corrected chi connectivity index (χ1v) is 12.7. The minimum atomic E-state index is -0.335.